The number of carbonyl (C=O) groups is 1. The van der Waals surface area contributed by atoms with Gasteiger partial charge in [-0.05, 0) is 54.1 Å². The number of rotatable bonds is 2. The van der Waals surface area contributed by atoms with Gasteiger partial charge in [0.05, 0.1) is 11.7 Å². The smallest absolute Gasteiger partial charge is 0.254 e. The zero-order chi connectivity index (χ0) is 13.3. The van der Waals surface area contributed by atoms with Crippen molar-refractivity contribution in [3.63, 3.8) is 0 Å². The standard InChI is InChI=1S/C13H15BrINO2/c1-8(17)9-4-5-16(7-9)13(18)11-6-10(14)2-3-12(11)15/h2-3,6,8-9,17H,4-5,7H2,1H3. The van der Waals surface area contributed by atoms with Crippen molar-refractivity contribution in [2.45, 2.75) is 19.4 Å². The molecule has 1 amide bonds. The first-order chi connectivity index (χ1) is 8.49. The predicted molar refractivity (Wildman–Crippen MR) is 82.6 cm³/mol. The highest BCUT2D eigenvalue weighted by atomic mass is 127. The van der Waals surface area contributed by atoms with E-state index in [-0.39, 0.29) is 17.9 Å². The summed E-state index contributed by atoms with van der Waals surface area (Å²) in [6.07, 6.45) is 0.540. The van der Waals surface area contributed by atoms with Crippen molar-refractivity contribution >= 4 is 44.4 Å². The minimum atomic E-state index is -0.343. The van der Waals surface area contributed by atoms with Gasteiger partial charge in [0.15, 0.2) is 0 Å². The minimum Gasteiger partial charge on any atom is -0.393 e. The van der Waals surface area contributed by atoms with Crippen LogP contribution in [-0.2, 0) is 0 Å². The van der Waals surface area contributed by atoms with Gasteiger partial charge < -0.3 is 10.0 Å². The molecule has 1 aliphatic heterocycles. The van der Waals surface area contributed by atoms with Gasteiger partial charge in [-0.15, -0.1) is 0 Å². The first-order valence-corrected chi connectivity index (χ1v) is 7.78. The molecule has 18 heavy (non-hydrogen) atoms. The second-order valence-corrected chi connectivity index (χ2v) is 6.74. The molecule has 2 rings (SSSR count). The maximum Gasteiger partial charge on any atom is 0.254 e. The number of likely N-dealkylation sites (tertiary alicyclic amines) is 1. The van der Waals surface area contributed by atoms with Gasteiger partial charge in [-0.25, -0.2) is 0 Å². The third-order valence-corrected chi connectivity index (χ3v) is 4.79. The van der Waals surface area contributed by atoms with Gasteiger partial charge in [-0.1, -0.05) is 15.9 Å². The molecule has 2 unspecified atom stereocenters. The zero-order valence-electron chi connectivity index (χ0n) is 10.1. The molecule has 1 aliphatic rings. The van der Waals surface area contributed by atoms with Crippen molar-refractivity contribution in [2.75, 3.05) is 13.1 Å². The number of aliphatic hydroxyl groups is 1. The van der Waals surface area contributed by atoms with Gasteiger partial charge >= 0.3 is 0 Å². The number of hydrogen-bond acceptors (Lipinski definition) is 2. The average molecular weight is 424 g/mol. The van der Waals surface area contributed by atoms with E-state index in [9.17, 15) is 9.90 Å². The van der Waals surface area contributed by atoms with E-state index in [0.717, 1.165) is 26.6 Å². The van der Waals surface area contributed by atoms with Crippen LogP contribution < -0.4 is 0 Å². The molecular weight excluding hydrogens is 409 g/mol. The van der Waals surface area contributed by atoms with Crippen LogP contribution in [0.2, 0.25) is 0 Å². The Bertz CT molecular complexity index is 464. The molecule has 1 aromatic carbocycles. The molecule has 1 N–H and O–H groups in total. The van der Waals surface area contributed by atoms with Crippen LogP contribution in [0.3, 0.4) is 0 Å². The van der Waals surface area contributed by atoms with Crippen LogP contribution >= 0.6 is 38.5 Å². The van der Waals surface area contributed by atoms with Gasteiger partial charge in [-0.3, -0.25) is 4.79 Å². The molecule has 0 aliphatic carbocycles. The molecule has 0 bridgehead atoms. The Labute approximate surface area is 129 Å². The van der Waals surface area contributed by atoms with E-state index in [1.807, 2.05) is 23.1 Å². The fraction of sp³-hybridized carbons (Fsp3) is 0.462. The summed E-state index contributed by atoms with van der Waals surface area (Å²) in [4.78, 5) is 14.2. The van der Waals surface area contributed by atoms with Crippen LogP contribution in [0, 0.1) is 9.49 Å². The van der Waals surface area contributed by atoms with Crippen molar-refractivity contribution in [2.24, 2.45) is 5.92 Å². The van der Waals surface area contributed by atoms with Crippen LogP contribution in [0.1, 0.15) is 23.7 Å². The molecule has 5 heteroatoms. The summed E-state index contributed by atoms with van der Waals surface area (Å²) in [5, 5.41) is 9.57. The Morgan fingerprint density at radius 2 is 2.33 bits per heavy atom. The highest BCUT2D eigenvalue weighted by Gasteiger charge is 2.30. The summed E-state index contributed by atoms with van der Waals surface area (Å²) in [6.45, 7) is 3.18. The summed E-state index contributed by atoms with van der Waals surface area (Å²) in [7, 11) is 0. The van der Waals surface area contributed by atoms with E-state index in [1.165, 1.54) is 0 Å². The molecule has 0 saturated carbocycles. The molecule has 2 atom stereocenters. The van der Waals surface area contributed by atoms with Gasteiger partial charge in [0.2, 0.25) is 0 Å². The van der Waals surface area contributed by atoms with E-state index in [4.69, 9.17) is 0 Å². The molecule has 1 aromatic rings. The topological polar surface area (TPSA) is 40.5 Å². The number of carbonyl (C=O) groups excluding carboxylic acids is 1. The molecule has 98 valence electrons. The molecule has 0 spiro atoms. The first kappa shape index (κ1) is 14.3. The number of amides is 1. The number of hydrogen-bond donors (Lipinski definition) is 1. The molecule has 0 aromatic heterocycles. The Kier molecular flexibility index (Phi) is 4.66. The van der Waals surface area contributed by atoms with Crippen LogP contribution in [0.15, 0.2) is 22.7 Å². The summed E-state index contributed by atoms with van der Waals surface area (Å²) in [5.41, 5.74) is 0.733. The number of halogens is 2. The molecule has 3 nitrogen and oxygen atoms in total. The molecule has 1 fully saturated rings. The second-order valence-electron chi connectivity index (χ2n) is 4.66. The molecule has 1 heterocycles. The Morgan fingerprint density at radius 3 is 2.94 bits per heavy atom. The highest BCUT2D eigenvalue weighted by Crippen LogP contribution is 2.25. The van der Waals surface area contributed by atoms with Crippen molar-refractivity contribution < 1.29 is 9.90 Å². The predicted octanol–water partition coefficient (Wildman–Crippen LogP) is 2.90. The lowest BCUT2D eigenvalue weighted by Gasteiger charge is -2.18. The van der Waals surface area contributed by atoms with Crippen molar-refractivity contribution in [1.29, 1.82) is 0 Å². The van der Waals surface area contributed by atoms with Crippen LogP contribution in [0.4, 0.5) is 0 Å². The number of benzene rings is 1. The van der Waals surface area contributed by atoms with E-state index >= 15 is 0 Å². The third kappa shape index (κ3) is 3.05. The Balaban J connectivity index is 2.15. The average Bonchev–Trinajstić information content (AvgIpc) is 2.81. The summed E-state index contributed by atoms with van der Waals surface area (Å²) >= 11 is 5.57. The number of aliphatic hydroxyl groups excluding tert-OH is 1. The van der Waals surface area contributed by atoms with E-state index in [1.54, 1.807) is 6.92 Å². The third-order valence-electron chi connectivity index (χ3n) is 3.35. The summed E-state index contributed by atoms with van der Waals surface area (Å²) < 4.78 is 1.87. The maximum atomic E-state index is 12.4. The molecule has 0 radical (unpaired) electrons. The second kappa shape index (κ2) is 5.88. The highest BCUT2D eigenvalue weighted by molar-refractivity contribution is 14.1. The van der Waals surface area contributed by atoms with Crippen LogP contribution in [0.5, 0.6) is 0 Å². The lowest BCUT2D eigenvalue weighted by molar-refractivity contribution is 0.0761. The SMILES string of the molecule is CC(O)C1CCN(C(=O)c2cc(Br)ccc2I)C1. The summed E-state index contributed by atoms with van der Waals surface area (Å²) in [5.74, 6) is 0.266. The largest absolute Gasteiger partial charge is 0.393 e. The summed E-state index contributed by atoms with van der Waals surface area (Å²) in [6, 6.07) is 5.72. The number of nitrogens with zero attached hydrogens (tertiary/aromatic N) is 1. The Hall–Kier alpha value is -0.140. The van der Waals surface area contributed by atoms with Gasteiger partial charge in [0, 0.05) is 27.1 Å². The first-order valence-electron chi connectivity index (χ1n) is 5.91. The Morgan fingerprint density at radius 1 is 1.61 bits per heavy atom. The zero-order valence-corrected chi connectivity index (χ0v) is 13.8. The maximum absolute atomic E-state index is 12.4. The fourth-order valence-electron chi connectivity index (χ4n) is 2.20. The lowest BCUT2D eigenvalue weighted by Crippen LogP contribution is -2.30. The molecule has 1 saturated heterocycles. The van der Waals surface area contributed by atoms with Crippen molar-refractivity contribution in [1.82, 2.24) is 4.90 Å². The minimum absolute atomic E-state index is 0.0591. The fourth-order valence-corrected chi connectivity index (χ4v) is 3.12. The molecular formula is C13H15BrINO2. The van der Waals surface area contributed by atoms with Gasteiger partial charge in [0.1, 0.15) is 0 Å². The van der Waals surface area contributed by atoms with Crippen molar-refractivity contribution in [3.05, 3.63) is 31.8 Å². The normalized spacial score (nSPS) is 21.1. The van der Waals surface area contributed by atoms with E-state index in [0.29, 0.717) is 6.54 Å². The van der Waals surface area contributed by atoms with Gasteiger partial charge in [-0.2, -0.15) is 0 Å². The quantitative estimate of drug-likeness (QED) is 0.743. The van der Waals surface area contributed by atoms with Crippen molar-refractivity contribution in [3.8, 4) is 0 Å². The van der Waals surface area contributed by atoms with E-state index in [2.05, 4.69) is 38.5 Å². The van der Waals surface area contributed by atoms with E-state index < -0.39 is 0 Å². The van der Waals surface area contributed by atoms with Gasteiger partial charge in [0.25, 0.3) is 5.91 Å². The monoisotopic (exact) mass is 423 g/mol. The van der Waals surface area contributed by atoms with Crippen LogP contribution in [-0.4, -0.2) is 35.1 Å². The van der Waals surface area contributed by atoms with Crippen LogP contribution in [0.25, 0.3) is 0 Å². The lowest BCUT2D eigenvalue weighted by atomic mass is 10.0.